The van der Waals surface area contributed by atoms with E-state index in [1.54, 1.807) is 4.90 Å². The summed E-state index contributed by atoms with van der Waals surface area (Å²) >= 11 is 0. The maximum atomic E-state index is 14.2. The van der Waals surface area contributed by atoms with Crippen molar-refractivity contribution in [3.63, 3.8) is 0 Å². The molecule has 5 aromatic heterocycles. The number of alkyl halides is 3. The first-order valence-electron chi connectivity index (χ1n) is 10.2. The van der Waals surface area contributed by atoms with Crippen LogP contribution in [0.4, 0.5) is 23.6 Å². The van der Waals surface area contributed by atoms with Crippen LogP contribution in [0.3, 0.4) is 0 Å². The molecule has 0 saturated heterocycles. The molecule has 1 unspecified atom stereocenters. The van der Waals surface area contributed by atoms with Gasteiger partial charge >= 0.3 is 12.2 Å². The van der Waals surface area contributed by atoms with Gasteiger partial charge in [-0.3, -0.25) is 0 Å². The molecule has 1 N–H and O–H groups in total. The highest BCUT2D eigenvalue weighted by atomic mass is 19.4. The number of hydrogen-bond donors (Lipinski definition) is 1. The molecule has 0 aliphatic carbocycles. The average Bonchev–Trinajstić information content (AvgIpc) is 3.56. The van der Waals surface area contributed by atoms with E-state index in [0.29, 0.717) is 24.4 Å². The topological polar surface area (TPSA) is 101 Å². The monoisotopic (exact) mass is 470 g/mol. The lowest BCUT2D eigenvalue weighted by atomic mass is 10.00. The minimum Gasteiger partial charge on any atom is -0.401 e. The zero-order valence-corrected chi connectivity index (χ0v) is 17.2. The summed E-state index contributed by atoms with van der Waals surface area (Å²) in [5.74, 6) is -0.739. The number of nitrogens with one attached hydrogen (secondary N) is 1. The van der Waals surface area contributed by atoms with Gasteiger partial charge in [0.05, 0.1) is 28.8 Å². The summed E-state index contributed by atoms with van der Waals surface area (Å²) in [4.78, 5) is 13.1. The van der Waals surface area contributed by atoms with Crippen LogP contribution in [0.25, 0.3) is 17.1 Å². The zero-order chi connectivity index (χ0) is 23.4. The predicted octanol–water partition coefficient (Wildman–Crippen LogP) is 3.81. The number of halogens is 4. The van der Waals surface area contributed by atoms with Crippen LogP contribution in [0.2, 0.25) is 0 Å². The van der Waals surface area contributed by atoms with Crippen LogP contribution in [0.5, 0.6) is 0 Å². The van der Waals surface area contributed by atoms with Gasteiger partial charge in [0.1, 0.15) is 6.04 Å². The van der Waals surface area contributed by atoms with Gasteiger partial charge in [0.25, 0.3) is 5.89 Å². The second kappa shape index (κ2) is 7.37. The minimum absolute atomic E-state index is 0.0480. The number of hydrogen-bond acceptors (Lipinski definition) is 7. The van der Waals surface area contributed by atoms with Crippen molar-refractivity contribution in [3.8, 4) is 11.6 Å². The summed E-state index contributed by atoms with van der Waals surface area (Å²) < 4.78 is 61.7. The van der Waals surface area contributed by atoms with E-state index in [1.165, 1.54) is 47.5 Å². The number of fused-ring (bicyclic) bond motifs is 2. The number of aromatic nitrogens is 7. The number of nitrogens with zero attached hydrogens (tertiary/aromatic N) is 7. The van der Waals surface area contributed by atoms with E-state index < -0.39 is 23.6 Å². The standard InChI is InChI=1S/C21H14F4N8O/c22-12-4-1-6-26-16(12)19-29-30-20(34-19)32-8-5-13-17(28-10-27-13)18(32)14-9-15-11(21(23,24)25)3-2-7-33(15)31-14/h1-4,6-7,9-10,18H,5,8H2,(H,27,28). The Hall–Kier alpha value is -4.29. The van der Waals surface area contributed by atoms with Gasteiger partial charge in [-0.2, -0.15) is 18.3 Å². The third kappa shape index (κ3) is 3.19. The first kappa shape index (κ1) is 20.3. The second-order valence-corrected chi connectivity index (χ2v) is 7.65. The van der Waals surface area contributed by atoms with Gasteiger partial charge in [-0.05, 0) is 30.3 Å². The molecule has 6 rings (SSSR count). The number of imidazole rings is 1. The van der Waals surface area contributed by atoms with Crippen LogP contribution in [0, 0.1) is 5.82 Å². The van der Waals surface area contributed by atoms with Crippen molar-refractivity contribution in [1.82, 2.24) is 34.8 Å². The van der Waals surface area contributed by atoms with E-state index in [0.717, 1.165) is 11.8 Å². The molecule has 5 aromatic rings. The lowest BCUT2D eigenvalue weighted by molar-refractivity contribution is -0.136. The molecule has 0 fully saturated rings. The quantitative estimate of drug-likeness (QED) is 0.400. The van der Waals surface area contributed by atoms with Gasteiger partial charge in [0.2, 0.25) is 0 Å². The van der Waals surface area contributed by atoms with Crippen LogP contribution < -0.4 is 4.90 Å². The van der Waals surface area contributed by atoms with E-state index in [2.05, 4.69) is 30.2 Å². The maximum Gasteiger partial charge on any atom is 0.418 e. The fraction of sp³-hybridized carbons (Fsp3) is 0.190. The van der Waals surface area contributed by atoms with Crippen LogP contribution >= 0.6 is 0 Å². The van der Waals surface area contributed by atoms with Crippen LogP contribution in [-0.2, 0) is 12.6 Å². The molecule has 0 saturated carbocycles. The molecule has 0 spiro atoms. The number of aromatic amines is 1. The molecule has 13 heteroatoms. The van der Waals surface area contributed by atoms with Crippen LogP contribution in [0.1, 0.15) is 28.7 Å². The van der Waals surface area contributed by atoms with Crippen molar-refractivity contribution in [2.75, 3.05) is 11.4 Å². The molecule has 1 aliphatic rings. The second-order valence-electron chi connectivity index (χ2n) is 7.65. The van der Waals surface area contributed by atoms with E-state index in [1.807, 2.05) is 0 Å². The minimum atomic E-state index is -4.54. The van der Waals surface area contributed by atoms with Crippen molar-refractivity contribution >= 4 is 11.5 Å². The summed E-state index contributed by atoms with van der Waals surface area (Å²) in [5, 5.41) is 12.4. The van der Waals surface area contributed by atoms with Crippen molar-refractivity contribution in [2.45, 2.75) is 18.6 Å². The summed E-state index contributed by atoms with van der Waals surface area (Å²) in [7, 11) is 0. The number of pyridine rings is 2. The van der Waals surface area contributed by atoms with Crippen molar-refractivity contribution in [3.05, 3.63) is 77.5 Å². The normalized spacial score (nSPS) is 16.2. The largest absolute Gasteiger partial charge is 0.418 e. The molecule has 1 aliphatic heterocycles. The van der Waals surface area contributed by atoms with Crippen molar-refractivity contribution in [2.24, 2.45) is 0 Å². The highest BCUT2D eigenvalue weighted by Crippen LogP contribution is 2.39. The molecule has 172 valence electrons. The average molecular weight is 470 g/mol. The number of anilines is 1. The molecular formula is C21H14F4N8O. The Balaban J connectivity index is 1.47. The van der Waals surface area contributed by atoms with Crippen LogP contribution in [-0.4, -0.2) is 41.3 Å². The third-order valence-electron chi connectivity index (χ3n) is 5.65. The van der Waals surface area contributed by atoms with E-state index in [9.17, 15) is 17.6 Å². The molecule has 0 radical (unpaired) electrons. The smallest absolute Gasteiger partial charge is 0.401 e. The van der Waals surface area contributed by atoms with E-state index in [4.69, 9.17) is 4.42 Å². The lowest BCUT2D eigenvalue weighted by Crippen LogP contribution is -2.36. The van der Waals surface area contributed by atoms with E-state index in [-0.39, 0.29) is 23.1 Å². The molecule has 1 atom stereocenters. The molecule has 0 amide bonds. The Bertz CT molecular complexity index is 1500. The Morgan fingerprint density at radius 2 is 2.00 bits per heavy atom. The first-order valence-corrected chi connectivity index (χ1v) is 10.2. The highest BCUT2D eigenvalue weighted by Gasteiger charge is 2.38. The molecule has 6 heterocycles. The Labute approximate surface area is 188 Å². The first-order chi connectivity index (χ1) is 16.4. The van der Waals surface area contributed by atoms with Gasteiger partial charge < -0.3 is 14.3 Å². The molecule has 0 aromatic carbocycles. The summed E-state index contributed by atoms with van der Waals surface area (Å²) in [6.45, 7) is 0.381. The van der Waals surface area contributed by atoms with E-state index >= 15 is 0 Å². The Morgan fingerprint density at radius 1 is 1.12 bits per heavy atom. The molecule has 34 heavy (non-hydrogen) atoms. The van der Waals surface area contributed by atoms with Crippen molar-refractivity contribution < 1.29 is 22.0 Å². The van der Waals surface area contributed by atoms with Crippen LogP contribution in [0.15, 0.2) is 53.5 Å². The summed E-state index contributed by atoms with van der Waals surface area (Å²) in [6, 6.07) is 5.67. The molecular weight excluding hydrogens is 456 g/mol. The van der Waals surface area contributed by atoms with Crippen molar-refractivity contribution in [1.29, 1.82) is 0 Å². The fourth-order valence-corrected chi connectivity index (χ4v) is 4.16. The summed E-state index contributed by atoms with van der Waals surface area (Å²) in [6.07, 6.45) is 0.360. The fourth-order valence-electron chi connectivity index (χ4n) is 4.16. The SMILES string of the molecule is Fc1cccnc1-c1nnc(N2CCc3[nH]cnc3C2c2cc3c(C(F)(F)F)cccn3n2)o1. The highest BCUT2D eigenvalue weighted by molar-refractivity contribution is 5.59. The number of rotatable bonds is 3. The number of H-pyrrole nitrogens is 1. The zero-order valence-electron chi connectivity index (χ0n) is 17.2. The third-order valence-corrected chi connectivity index (χ3v) is 5.65. The Morgan fingerprint density at radius 3 is 2.82 bits per heavy atom. The Kier molecular flexibility index (Phi) is 4.40. The predicted molar refractivity (Wildman–Crippen MR) is 109 cm³/mol. The maximum absolute atomic E-state index is 14.2. The van der Waals surface area contributed by atoms with Gasteiger partial charge in [-0.1, -0.05) is 5.10 Å². The van der Waals surface area contributed by atoms with Gasteiger partial charge in [0.15, 0.2) is 11.5 Å². The van der Waals surface area contributed by atoms with Gasteiger partial charge in [-0.25, -0.2) is 18.9 Å². The van der Waals surface area contributed by atoms with Gasteiger partial charge in [0, 0.05) is 31.1 Å². The molecule has 9 nitrogen and oxygen atoms in total. The lowest BCUT2D eigenvalue weighted by Gasteiger charge is -2.32. The summed E-state index contributed by atoms with van der Waals surface area (Å²) in [5.41, 5.74) is 0.724. The molecule has 0 bridgehead atoms. The van der Waals surface area contributed by atoms with Gasteiger partial charge in [-0.15, -0.1) is 5.10 Å².